The van der Waals surface area contributed by atoms with Gasteiger partial charge in [0.2, 0.25) is 0 Å². The first-order valence-corrected chi connectivity index (χ1v) is 19.2. The molecule has 4 nitrogen and oxygen atoms in total. The molecule has 54 heavy (non-hydrogen) atoms. The summed E-state index contributed by atoms with van der Waals surface area (Å²) in [5.41, 5.74) is 13.7. The molecule has 6 aromatic carbocycles. The second kappa shape index (κ2) is 12.3. The Balaban J connectivity index is 1.17. The number of nitrogens with zero attached hydrogens (tertiary/aromatic N) is 4. The maximum absolute atomic E-state index is 5.15. The average molecular weight is 709 g/mol. The minimum atomic E-state index is -0.547. The topological polar surface area (TPSA) is 51.6 Å². The molecule has 1 unspecified atom stereocenters. The first-order chi connectivity index (χ1) is 26.8. The van der Waals surface area contributed by atoms with E-state index < -0.39 is 5.41 Å². The second-order valence-corrected chi connectivity index (χ2v) is 15.2. The van der Waals surface area contributed by atoms with Crippen LogP contribution < -0.4 is 0 Å². The fraction of sp³-hybridized carbons (Fsp3) is 0.0612. The van der Waals surface area contributed by atoms with Crippen LogP contribution in [-0.4, -0.2) is 19.9 Å². The molecular formula is C49H32N4S. The van der Waals surface area contributed by atoms with Crippen molar-refractivity contribution in [2.45, 2.75) is 27.5 Å². The lowest BCUT2D eigenvalue weighted by atomic mass is 9.66. The second-order valence-electron chi connectivity index (χ2n) is 14.1. The predicted molar refractivity (Wildman–Crippen MR) is 217 cm³/mol. The Hall–Kier alpha value is -6.43. The molecule has 2 aliphatic carbocycles. The van der Waals surface area contributed by atoms with Gasteiger partial charge in [-0.3, -0.25) is 4.98 Å². The summed E-state index contributed by atoms with van der Waals surface area (Å²) in [7, 11) is 0. The number of aromatic nitrogens is 4. The van der Waals surface area contributed by atoms with Crippen molar-refractivity contribution < 1.29 is 0 Å². The Kier molecular flexibility index (Phi) is 7.11. The van der Waals surface area contributed by atoms with Crippen LogP contribution in [0.25, 0.3) is 51.4 Å². The molecule has 5 heteroatoms. The summed E-state index contributed by atoms with van der Waals surface area (Å²) in [4.78, 5) is 22.5. The molecule has 0 saturated carbocycles. The number of hydrogen-bond acceptors (Lipinski definition) is 5. The van der Waals surface area contributed by atoms with Crippen LogP contribution in [-0.2, 0) is 5.41 Å². The summed E-state index contributed by atoms with van der Waals surface area (Å²) < 4.78 is 0. The molecule has 3 aliphatic rings. The van der Waals surface area contributed by atoms with Gasteiger partial charge in [-0.1, -0.05) is 151 Å². The van der Waals surface area contributed by atoms with Crippen molar-refractivity contribution in [2.75, 3.05) is 0 Å². The van der Waals surface area contributed by atoms with Crippen molar-refractivity contribution in [3.63, 3.8) is 0 Å². The molecule has 0 fully saturated rings. The maximum Gasteiger partial charge on any atom is 0.164 e. The summed E-state index contributed by atoms with van der Waals surface area (Å²) in [5.74, 6) is 2.19. The highest BCUT2D eigenvalue weighted by Gasteiger charge is 2.50. The lowest BCUT2D eigenvalue weighted by Crippen LogP contribution is -2.32. The smallest absolute Gasteiger partial charge is 0.164 e. The van der Waals surface area contributed by atoms with E-state index in [-0.39, 0.29) is 5.92 Å². The van der Waals surface area contributed by atoms with Gasteiger partial charge in [0.15, 0.2) is 17.5 Å². The van der Waals surface area contributed by atoms with Crippen molar-refractivity contribution in [2.24, 2.45) is 0 Å². The van der Waals surface area contributed by atoms with Crippen molar-refractivity contribution in [1.82, 2.24) is 19.9 Å². The van der Waals surface area contributed by atoms with Crippen molar-refractivity contribution in [3.05, 3.63) is 209 Å². The van der Waals surface area contributed by atoms with Crippen LogP contribution in [0.1, 0.15) is 51.4 Å². The highest BCUT2D eigenvalue weighted by Crippen LogP contribution is 2.62. The third kappa shape index (κ3) is 4.71. The van der Waals surface area contributed by atoms with Crippen molar-refractivity contribution in [1.29, 1.82) is 0 Å². The molecule has 0 saturated heterocycles. The Labute approximate surface area is 318 Å². The zero-order valence-corrected chi connectivity index (χ0v) is 30.0. The summed E-state index contributed by atoms with van der Waals surface area (Å²) in [6.45, 7) is 0. The Bertz CT molecular complexity index is 2690. The fourth-order valence-corrected chi connectivity index (χ4v) is 9.99. The van der Waals surface area contributed by atoms with Gasteiger partial charge in [-0.25, -0.2) is 15.0 Å². The molecule has 11 rings (SSSR count). The van der Waals surface area contributed by atoms with E-state index in [1.54, 1.807) is 0 Å². The van der Waals surface area contributed by atoms with Crippen LogP contribution in [0.15, 0.2) is 180 Å². The zero-order chi connectivity index (χ0) is 35.6. The van der Waals surface area contributed by atoms with Crippen LogP contribution >= 0.6 is 11.8 Å². The van der Waals surface area contributed by atoms with Gasteiger partial charge in [-0.05, 0) is 81.3 Å². The number of pyridine rings is 1. The van der Waals surface area contributed by atoms with Crippen LogP contribution in [0.4, 0.5) is 0 Å². The number of rotatable bonds is 4. The summed E-state index contributed by atoms with van der Waals surface area (Å²) in [6.07, 6.45) is 7.27. The first-order valence-electron chi connectivity index (χ1n) is 18.4. The number of fused-ring (bicyclic) bond motifs is 10. The van der Waals surface area contributed by atoms with Gasteiger partial charge in [0.25, 0.3) is 0 Å². The highest BCUT2D eigenvalue weighted by atomic mass is 32.2. The predicted octanol–water partition coefficient (Wildman–Crippen LogP) is 11.6. The summed E-state index contributed by atoms with van der Waals surface area (Å²) in [6, 6.07) is 56.7. The third-order valence-corrected chi connectivity index (χ3v) is 12.4. The third-order valence-electron chi connectivity index (χ3n) is 11.2. The van der Waals surface area contributed by atoms with Crippen LogP contribution in [0, 0.1) is 0 Å². The molecule has 1 spiro atoms. The molecule has 0 bridgehead atoms. The van der Waals surface area contributed by atoms with Gasteiger partial charge in [0, 0.05) is 38.6 Å². The minimum Gasteiger partial charge on any atom is -0.257 e. The molecular weight excluding hydrogens is 677 g/mol. The molecule has 8 aromatic rings. The van der Waals surface area contributed by atoms with Gasteiger partial charge < -0.3 is 0 Å². The van der Waals surface area contributed by atoms with E-state index in [4.69, 9.17) is 19.9 Å². The normalized spacial score (nSPS) is 15.5. The molecule has 2 aromatic heterocycles. The minimum absolute atomic E-state index is 0.226. The SMILES string of the molecule is C1=Cc2ncccc2C(c2ccc3c(c2)C2(c4cc(-c5nc(-c6ccccc6)nc(-c6ccccc6)n5)ccc4S3)c3ccccc3-c3ccccc32)C1. The monoisotopic (exact) mass is 708 g/mol. The molecule has 0 amide bonds. The van der Waals surface area contributed by atoms with E-state index in [9.17, 15) is 0 Å². The van der Waals surface area contributed by atoms with Crippen LogP contribution in [0.2, 0.25) is 0 Å². The Morgan fingerprint density at radius 1 is 0.500 bits per heavy atom. The van der Waals surface area contributed by atoms with E-state index in [0.717, 1.165) is 28.8 Å². The van der Waals surface area contributed by atoms with E-state index in [2.05, 4.69) is 133 Å². The van der Waals surface area contributed by atoms with Gasteiger partial charge in [0.05, 0.1) is 11.1 Å². The van der Waals surface area contributed by atoms with Gasteiger partial charge in [-0.2, -0.15) is 0 Å². The highest BCUT2D eigenvalue weighted by molar-refractivity contribution is 7.99. The van der Waals surface area contributed by atoms with Gasteiger partial charge in [-0.15, -0.1) is 0 Å². The van der Waals surface area contributed by atoms with Gasteiger partial charge >= 0.3 is 0 Å². The first kappa shape index (κ1) is 31.1. The standard InChI is InChI=1S/C49H32N4S/c1-3-13-31(14-4-1)46-51-47(32-15-5-2-6-16-32)53-48(52-46)34-25-27-45-42(30-34)49(39-21-9-7-17-36(39)37-18-8-10-22-40(37)49)41-29-33(24-26-44(41)54-45)35-19-11-23-43-38(35)20-12-28-50-43/h1-18,20-30,35H,19H2. The number of benzene rings is 6. The Morgan fingerprint density at radius 3 is 1.74 bits per heavy atom. The van der Waals surface area contributed by atoms with Crippen LogP contribution in [0.5, 0.6) is 0 Å². The van der Waals surface area contributed by atoms with Gasteiger partial charge in [0.1, 0.15) is 0 Å². The molecule has 0 N–H and O–H groups in total. The zero-order valence-electron chi connectivity index (χ0n) is 29.2. The van der Waals surface area contributed by atoms with Crippen molar-refractivity contribution >= 4 is 17.8 Å². The van der Waals surface area contributed by atoms with E-state index in [1.807, 2.05) is 54.4 Å². The van der Waals surface area contributed by atoms with E-state index >= 15 is 0 Å². The van der Waals surface area contributed by atoms with E-state index in [1.165, 1.54) is 54.3 Å². The molecule has 3 heterocycles. The Morgan fingerprint density at radius 2 is 1.07 bits per heavy atom. The largest absolute Gasteiger partial charge is 0.257 e. The fourth-order valence-electron chi connectivity index (χ4n) is 8.84. The molecule has 0 radical (unpaired) electrons. The number of hydrogen-bond donors (Lipinski definition) is 0. The number of allylic oxidation sites excluding steroid dienone is 1. The average Bonchev–Trinajstić information content (AvgIpc) is 3.54. The lowest BCUT2D eigenvalue weighted by molar-refractivity contribution is 0.714. The molecule has 1 atom stereocenters. The molecule has 1 aliphatic heterocycles. The maximum atomic E-state index is 5.15. The molecule has 254 valence electrons. The van der Waals surface area contributed by atoms with Crippen LogP contribution in [0.3, 0.4) is 0 Å². The summed E-state index contributed by atoms with van der Waals surface area (Å²) in [5, 5.41) is 0. The van der Waals surface area contributed by atoms with Crippen molar-refractivity contribution in [3.8, 4) is 45.3 Å². The quantitative estimate of drug-likeness (QED) is 0.182. The lowest BCUT2D eigenvalue weighted by Gasteiger charge is -2.40. The van der Waals surface area contributed by atoms with E-state index in [0.29, 0.717) is 17.5 Å². The summed E-state index contributed by atoms with van der Waals surface area (Å²) >= 11 is 1.86.